The van der Waals surface area contributed by atoms with Gasteiger partial charge in [-0.2, -0.15) is 0 Å². The zero-order valence-corrected chi connectivity index (χ0v) is 33.0. The second kappa shape index (κ2) is 16.4. The van der Waals surface area contributed by atoms with E-state index < -0.39 is 83.2 Å². The summed E-state index contributed by atoms with van der Waals surface area (Å²) >= 11 is 0. The summed E-state index contributed by atoms with van der Waals surface area (Å²) < 4.78 is 11.0. The molecule has 8 atom stereocenters. The molecule has 10 N–H and O–H groups in total. The zero-order chi connectivity index (χ0) is 43.3. The molecule has 2 fully saturated rings. The molecule has 8 rings (SSSR count). The van der Waals surface area contributed by atoms with Crippen molar-refractivity contribution < 1.29 is 65.0 Å². The van der Waals surface area contributed by atoms with Crippen LogP contribution >= 0.6 is 0 Å². The number of aromatic hydroxyl groups is 2. The highest BCUT2D eigenvalue weighted by Gasteiger charge is 2.67. The number of hydrogen-bond donors (Lipinski definition) is 10. The Kier molecular flexibility index (Phi) is 11.3. The van der Waals surface area contributed by atoms with Gasteiger partial charge in [-0.05, 0) is 72.2 Å². The number of amides is 1. The standard InChI is InChI=1S/C45H49N3O13/c49-16-13-26-21-44(42(57)58)38(37(26)43(14-5-2-6-15-43)28-7-3-1-4-8-28)30-19-33(52)34(60-45(59)41(56)40(55)39(54)35(23-50)61-45)20-31(30)48(44)36(53)12-10-25-9-11-32(51)27(17-25)18-29-22-46-24-47-29/h1,3-4,7-12,17,19-22,24,35,37-41,49-52,54-56,59H,2,5-6,13-16,18,23H2,(H,46,47)(H,57,58)/b12-10+/t35-,37-,38+,39-,40+,41-,44-,45+/m1/s1. The predicted octanol–water partition coefficient (Wildman–Crippen LogP) is 2.72. The highest BCUT2D eigenvalue weighted by molar-refractivity contribution is 6.13. The van der Waals surface area contributed by atoms with Crippen LogP contribution in [0.15, 0.2) is 90.9 Å². The number of benzene rings is 3. The number of aliphatic hydroxyl groups excluding tert-OH is 5. The van der Waals surface area contributed by atoms with E-state index in [2.05, 4.69) is 9.97 Å². The topological polar surface area (TPSA) is 267 Å². The van der Waals surface area contributed by atoms with Crippen molar-refractivity contribution in [2.24, 2.45) is 5.92 Å². The fourth-order valence-corrected chi connectivity index (χ4v) is 10.2. The van der Waals surface area contributed by atoms with Crippen LogP contribution in [0.1, 0.15) is 72.4 Å². The number of anilines is 1. The first kappa shape index (κ1) is 42.1. The van der Waals surface area contributed by atoms with E-state index in [1.165, 1.54) is 30.6 Å². The van der Waals surface area contributed by atoms with Crippen molar-refractivity contribution in [2.75, 3.05) is 18.1 Å². The number of hydrogen-bond acceptors (Lipinski definition) is 13. The van der Waals surface area contributed by atoms with Crippen LogP contribution in [0.25, 0.3) is 6.08 Å². The molecule has 0 bridgehead atoms. The number of aliphatic hydroxyl groups is 6. The minimum absolute atomic E-state index is 0.0150. The summed E-state index contributed by atoms with van der Waals surface area (Å²) in [4.78, 5) is 37.2. The third-order valence-electron chi connectivity index (χ3n) is 13.0. The molecule has 322 valence electrons. The van der Waals surface area contributed by atoms with Gasteiger partial charge in [0.1, 0.15) is 24.1 Å². The van der Waals surface area contributed by atoms with Gasteiger partial charge in [0.15, 0.2) is 23.1 Å². The first-order valence-electron chi connectivity index (χ1n) is 20.3. The Morgan fingerprint density at radius 2 is 1.70 bits per heavy atom. The Bertz CT molecular complexity index is 2330. The van der Waals surface area contributed by atoms with E-state index in [-0.39, 0.29) is 30.0 Å². The fourth-order valence-electron chi connectivity index (χ4n) is 10.2. The lowest BCUT2D eigenvalue weighted by Gasteiger charge is -2.47. The van der Waals surface area contributed by atoms with E-state index in [0.29, 0.717) is 36.0 Å². The molecule has 1 saturated heterocycles. The number of H-pyrrole nitrogens is 1. The molecular weight excluding hydrogens is 791 g/mol. The average molecular weight is 840 g/mol. The molecule has 16 nitrogen and oxygen atoms in total. The number of carbonyl (C=O) groups excluding carboxylic acids is 1. The quantitative estimate of drug-likeness (QED) is 0.0559. The molecule has 0 radical (unpaired) electrons. The van der Waals surface area contributed by atoms with Gasteiger partial charge >= 0.3 is 11.9 Å². The number of phenolic OH excluding ortho intramolecular Hbond substituents is 2. The summed E-state index contributed by atoms with van der Waals surface area (Å²) in [7, 11) is 0. The van der Waals surface area contributed by atoms with Crippen molar-refractivity contribution >= 4 is 23.6 Å². The molecule has 4 aromatic rings. The number of ether oxygens (including phenoxy) is 2. The van der Waals surface area contributed by atoms with Gasteiger partial charge in [-0.25, -0.2) is 9.78 Å². The second-order valence-corrected chi connectivity index (χ2v) is 16.4. The van der Waals surface area contributed by atoms with Crippen molar-refractivity contribution in [3.63, 3.8) is 0 Å². The van der Waals surface area contributed by atoms with Gasteiger partial charge in [-0.3, -0.25) is 9.69 Å². The highest BCUT2D eigenvalue weighted by atomic mass is 16.8. The summed E-state index contributed by atoms with van der Waals surface area (Å²) in [6.45, 7) is -1.20. The number of imidazole rings is 1. The van der Waals surface area contributed by atoms with Gasteiger partial charge in [0, 0.05) is 54.0 Å². The first-order valence-corrected chi connectivity index (χ1v) is 20.3. The number of rotatable bonds is 12. The summed E-state index contributed by atoms with van der Waals surface area (Å²) in [5.74, 6) is -8.16. The van der Waals surface area contributed by atoms with E-state index in [9.17, 15) is 55.5 Å². The third-order valence-corrected chi connectivity index (χ3v) is 13.0. The van der Waals surface area contributed by atoms with Crippen LogP contribution in [0.4, 0.5) is 5.69 Å². The van der Waals surface area contributed by atoms with E-state index in [0.717, 1.165) is 41.5 Å². The number of nitrogens with one attached hydrogen (secondary N) is 1. The molecule has 4 aliphatic rings. The van der Waals surface area contributed by atoms with Crippen molar-refractivity contribution in [3.05, 3.63) is 119 Å². The normalized spacial score (nSPS) is 29.3. The van der Waals surface area contributed by atoms with E-state index in [1.807, 2.05) is 30.3 Å². The largest absolute Gasteiger partial charge is 0.508 e. The summed E-state index contributed by atoms with van der Waals surface area (Å²) in [5.41, 5.74) is 0.863. The Morgan fingerprint density at radius 3 is 2.38 bits per heavy atom. The van der Waals surface area contributed by atoms with Gasteiger partial charge in [0.25, 0.3) is 5.91 Å². The minimum atomic E-state index is -3.14. The zero-order valence-electron chi connectivity index (χ0n) is 33.0. The molecule has 1 aromatic heterocycles. The van der Waals surface area contributed by atoms with E-state index in [1.54, 1.807) is 24.4 Å². The van der Waals surface area contributed by atoms with Gasteiger partial charge in [-0.1, -0.05) is 61.2 Å². The van der Waals surface area contributed by atoms with Crippen LogP contribution in [0.2, 0.25) is 0 Å². The molecule has 2 aliphatic carbocycles. The third kappa shape index (κ3) is 7.07. The molecular formula is C45H49N3O13. The Morgan fingerprint density at radius 1 is 0.951 bits per heavy atom. The number of fused-ring (bicyclic) bond motifs is 3. The number of nitrogens with zero attached hydrogens (tertiary/aromatic N) is 2. The Labute approximate surface area is 350 Å². The van der Waals surface area contributed by atoms with E-state index in [4.69, 9.17) is 9.47 Å². The number of carboxylic acid groups (broad SMARTS) is 1. The summed E-state index contributed by atoms with van der Waals surface area (Å²) in [5, 5.41) is 97.2. The van der Waals surface area contributed by atoms with Crippen molar-refractivity contribution in [3.8, 4) is 17.2 Å². The van der Waals surface area contributed by atoms with Crippen LogP contribution in [0.5, 0.6) is 17.2 Å². The fraction of sp³-hybridized carbons (Fsp3) is 0.400. The number of carbonyl (C=O) groups is 2. The monoisotopic (exact) mass is 839 g/mol. The molecule has 3 heterocycles. The van der Waals surface area contributed by atoms with Crippen LogP contribution in [0, 0.1) is 5.92 Å². The number of aliphatic carboxylic acids is 1. The minimum Gasteiger partial charge on any atom is -0.508 e. The van der Waals surface area contributed by atoms with Crippen molar-refractivity contribution in [2.45, 2.75) is 92.2 Å². The number of aromatic nitrogens is 2. The molecule has 1 amide bonds. The van der Waals surface area contributed by atoms with Crippen molar-refractivity contribution in [1.29, 1.82) is 0 Å². The predicted molar refractivity (Wildman–Crippen MR) is 217 cm³/mol. The maximum atomic E-state index is 14.9. The number of carboxylic acids is 1. The molecule has 2 aliphatic heterocycles. The number of aromatic amines is 1. The van der Waals surface area contributed by atoms with Crippen molar-refractivity contribution in [1.82, 2.24) is 9.97 Å². The first-order chi connectivity index (χ1) is 29.3. The SMILES string of the molecule is O=C(/C=C/c1ccc(O)c(Cc2cnc[nH]2)c1)N1c2cc(O[C@]3(O)O[C@H](CO)[C@@H](O)[C@H](O)[C@H]3O)c(O)cc2[C@H]2[C@H](C3(c4ccccc4)CCCCC3)C(CCO)=C[C@]21C(=O)O. The number of phenols is 2. The summed E-state index contributed by atoms with van der Waals surface area (Å²) in [6.07, 6.45) is 3.94. The molecule has 1 saturated carbocycles. The second-order valence-electron chi connectivity index (χ2n) is 16.4. The van der Waals surface area contributed by atoms with Crippen LogP contribution in [0.3, 0.4) is 0 Å². The lowest BCUT2D eigenvalue weighted by Crippen LogP contribution is -2.67. The molecule has 3 aromatic carbocycles. The van der Waals surface area contributed by atoms with Gasteiger partial charge < -0.3 is 60.4 Å². The lowest BCUT2D eigenvalue weighted by atomic mass is 9.56. The average Bonchev–Trinajstić information content (AvgIpc) is 3.96. The molecule has 61 heavy (non-hydrogen) atoms. The maximum absolute atomic E-state index is 14.9. The maximum Gasteiger partial charge on any atom is 0.355 e. The van der Waals surface area contributed by atoms with Gasteiger partial charge in [0.2, 0.25) is 0 Å². The van der Waals surface area contributed by atoms with Gasteiger partial charge in [0.05, 0.1) is 18.6 Å². The lowest BCUT2D eigenvalue weighted by molar-refractivity contribution is -0.422. The smallest absolute Gasteiger partial charge is 0.355 e. The van der Waals surface area contributed by atoms with Crippen LogP contribution in [-0.4, -0.2) is 117 Å². The van der Waals surface area contributed by atoms with Crippen LogP contribution < -0.4 is 9.64 Å². The van der Waals surface area contributed by atoms with Crippen LogP contribution in [-0.2, 0) is 26.2 Å². The molecule has 0 unspecified atom stereocenters. The van der Waals surface area contributed by atoms with Gasteiger partial charge in [-0.15, -0.1) is 0 Å². The molecule has 16 heteroatoms. The summed E-state index contributed by atoms with van der Waals surface area (Å²) in [6, 6.07) is 16.9. The Balaban J connectivity index is 1.29. The molecule has 0 spiro atoms. The highest BCUT2D eigenvalue weighted by Crippen LogP contribution is 2.66. The van der Waals surface area contributed by atoms with E-state index >= 15 is 0 Å². The Hall–Kier alpha value is -5.59.